The lowest BCUT2D eigenvalue weighted by Gasteiger charge is -2.03. The van der Waals surface area contributed by atoms with Crippen molar-refractivity contribution in [2.75, 3.05) is 5.88 Å². The minimum Gasteiger partial charge on any atom is -0.249 e. The zero-order chi connectivity index (χ0) is 8.10. The third kappa shape index (κ3) is 3.45. The Balaban J connectivity index is 2.23. The molecule has 0 aliphatic carbocycles. The van der Waals surface area contributed by atoms with Gasteiger partial charge >= 0.3 is 0 Å². The van der Waals surface area contributed by atoms with Crippen molar-refractivity contribution in [1.29, 1.82) is 0 Å². The fourth-order valence-electron chi connectivity index (χ4n) is 0.582. The summed E-state index contributed by atoms with van der Waals surface area (Å²) in [6.45, 7) is 2.13. The normalized spacial score (nSPS) is 13.3. The van der Waals surface area contributed by atoms with Crippen LogP contribution < -0.4 is 0 Å². The highest BCUT2D eigenvalue weighted by Crippen LogP contribution is 2.19. The molecule has 0 saturated carbocycles. The second-order valence-electron chi connectivity index (χ2n) is 2.20. The zero-order valence-corrected chi connectivity index (χ0v) is 8.68. The Kier molecular flexibility index (Phi) is 4.26. The van der Waals surface area contributed by atoms with Crippen LogP contribution in [0.2, 0.25) is 0 Å². The summed E-state index contributed by atoms with van der Waals surface area (Å²) in [6.07, 6.45) is 1.84. The van der Waals surface area contributed by atoms with Crippen LogP contribution in [-0.2, 0) is 5.75 Å². The Morgan fingerprint density at radius 3 is 3.18 bits per heavy atom. The maximum atomic E-state index is 5.65. The molecule has 1 aromatic rings. The summed E-state index contributed by atoms with van der Waals surface area (Å²) in [7, 11) is 0. The van der Waals surface area contributed by atoms with Gasteiger partial charge in [-0.05, 0) is 0 Å². The fourth-order valence-corrected chi connectivity index (χ4v) is 2.32. The minimum absolute atomic E-state index is 0.528. The van der Waals surface area contributed by atoms with E-state index >= 15 is 0 Å². The molecule has 1 heterocycles. The standard InChI is InChI=1S/C7H10ClNS2/c1-6(4-8)11-5-7-9-2-3-10-7/h2-3,6H,4-5H2,1H3. The third-order valence-electron chi connectivity index (χ3n) is 1.19. The molecule has 0 aliphatic heterocycles. The third-order valence-corrected chi connectivity index (χ3v) is 3.98. The van der Waals surface area contributed by atoms with Crippen LogP contribution in [0.25, 0.3) is 0 Å². The highest BCUT2D eigenvalue weighted by atomic mass is 35.5. The molecule has 1 rings (SSSR count). The number of alkyl halides is 1. The van der Waals surface area contributed by atoms with Crippen molar-refractivity contribution in [1.82, 2.24) is 4.98 Å². The molecule has 0 radical (unpaired) electrons. The first kappa shape index (κ1) is 9.36. The van der Waals surface area contributed by atoms with Crippen molar-refractivity contribution in [2.24, 2.45) is 0 Å². The number of rotatable bonds is 4. The smallest absolute Gasteiger partial charge is 0.102 e. The van der Waals surface area contributed by atoms with Gasteiger partial charge in [0.1, 0.15) is 5.01 Å². The van der Waals surface area contributed by atoms with E-state index in [1.165, 1.54) is 5.01 Å². The average molecular weight is 208 g/mol. The van der Waals surface area contributed by atoms with Gasteiger partial charge in [0.05, 0.1) is 0 Å². The number of thiazole rings is 1. The summed E-state index contributed by atoms with van der Waals surface area (Å²) in [5.74, 6) is 1.71. The van der Waals surface area contributed by atoms with Crippen LogP contribution in [0.3, 0.4) is 0 Å². The topological polar surface area (TPSA) is 12.9 Å². The maximum absolute atomic E-state index is 5.65. The van der Waals surface area contributed by atoms with Crippen LogP contribution in [0, 0.1) is 0 Å². The summed E-state index contributed by atoms with van der Waals surface area (Å²) >= 11 is 9.20. The van der Waals surface area contributed by atoms with Gasteiger partial charge in [0, 0.05) is 28.5 Å². The largest absolute Gasteiger partial charge is 0.249 e. The van der Waals surface area contributed by atoms with Gasteiger partial charge in [-0.2, -0.15) is 11.8 Å². The highest BCUT2D eigenvalue weighted by Gasteiger charge is 2.01. The van der Waals surface area contributed by atoms with E-state index in [0.717, 1.165) is 11.6 Å². The molecule has 1 unspecified atom stereocenters. The minimum atomic E-state index is 0.528. The Hall–Kier alpha value is 0.270. The molecule has 0 amide bonds. The molecule has 62 valence electrons. The lowest BCUT2D eigenvalue weighted by atomic mass is 10.6. The SMILES string of the molecule is CC(CCl)SCc1nccs1. The van der Waals surface area contributed by atoms with E-state index in [1.807, 2.05) is 23.3 Å². The van der Waals surface area contributed by atoms with Crippen molar-refractivity contribution in [3.8, 4) is 0 Å². The van der Waals surface area contributed by atoms with Gasteiger partial charge in [0.15, 0.2) is 0 Å². The van der Waals surface area contributed by atoms with Crippen molar-refractivity contribution in [3.63, 3.8) is 0 Å². The maximum Gasteiger partial charge on any atom is 0.102 e. The Morgan fingerprint density at radius 1 is 1.82 bits per heavy atom. The zero-order valence-electron chi connectivity index (χ0n) is 6.29. The molecule has 0 saturated heterocycles. The van der Waals surface area contributed by atoms with E-state index in [2.05, 4.69) is 11.9 Å². The summed E-state index contributed by atoms with van der Waals surface area (Å²) in [6, 6.07) is 0. The summed E-state index contributed by atoms with van der Waals surface area (Å²) in [5.41, 5.74) is 0. The molecule has 1 nitrogen and oxygen atoms in total. The molecule has 0 fully saturated rings. The summed E-state index contributed by atoms with van der Waals surface area (Å²) in [5, 5.41) is 3.72. The molecule has 0 N–H and O–H groups in total. The fraction of sp³-hybridized carbons (Fsp3) is 0.571. The monoisotopic (exact) mass is 207 g/mol. The van der Waals surface area contributed by atoms with Crippen LogP contribution in [0.4, 0.5) is 0 Å². The van der Waals surface area contributed by atoms with Gasteiger partial charge in [0.2, 0.25) is 0 Å². The Labute approximate surface area is 80.2 Å². The van der Waals surface area contributed by atoms with E-state index in [0.29, 0.717) is 5.25 Å². The molecule has 0 aliphatic rings. The molecule has 0 bridgehead atoms. The van der Waals surface area contributed by atoms with Gasteiger partial charge in [0.25, 0.3) is 0 Å². The van der Waals surface area contributed by atoms with E-state index in [4.69, 9.17) is 11.6 Å². The van der Waals surface area contributed by atoms with Crippen molar-refractivity contribution in [3.05, 3.63) is 16.6 Å². The Bertz CT molecular complexity index is 188. The average Bonchev–Trinajstić information content (AvgIpc) is 2.52. The first-order valence-corrected chi connectivity index (χ1v) is 5.85. The predicted octanol–water partition coefficient (Wildman–Crippen LogP) is 3.00. The summed E-state index contributed by atoms with van der Waals surface area (Å²) in [4.78, 5) is 4.18. The number of nitrogens with zero attached hydrogens (tertiary/aromatic N) is 1. The molecular weight excluding hydrogens is 198 g/mol. The molecule has 1 aromatic heterocycles. The number of aromatic nitrogens is 1. The van der Waals surface area contributed by atoms with Crippen molar-refractivity contribution in [2.45, 2.75) is 17.9 Å². The molecule has 1 atom stereocenters. The highest BCUT2D eigenvalue weighted by molar-refractivity contribution is 7.99. The van der Waals surface area contributed by atoms with Gasteiger partial charge in [-0.3, -0.25) is 0 Å². The van der Waals surface area contributed by atoms with Gasteiger partial charge in [-0.1, -0.05) is 6.92 Å². The van der Waals surface area contributed by atoms with Gasteiger partial charge in [-0.15, -0.1) is 22.9 Å². The molecular formula is C7H10ClNS2. The van der Waals surface area contributed by atoms with Gasteiger partial charge in [-0.25, -0.2) is 4.98 Å². The molecule has 11 heavy (non-hydrogen) atoms. The van der Waals surface area contributed by atoms with Crippen molar-refractivity contribution < 1.29 is 0 Å². The van der Waals surface area contributed by atoms with Crippen LogP contribution in [0.5, 0.6) is 0 Å². The Morgan fingerprint density at radius 2 is 2.64 bits per heavy atom. The second-order valence-corrected chi connectivity index (χ2v) is 4.92. The summed E-state index contributed by atoms with van der Waals surface area (Å²) < 4.78 is 0. The van der Waals surface area contributed by atoms with Crippen LogP contribution >= 0.6 is 34.7 Å². The number of halogens is 1. The number of hydrogen-bond donors (Lipinski definition) is 0. The lowest BCUT2D eigenvalue weighted by Crippen LogP contribution is -1.97. The first-order chi connectivity index (χ1) is 5.33. The van der Waals surface area contributed by atoms with E-state index < -0.39 is 0 Å². The number of thioether (sulfide) groups is 1. The molecule has 4 heteroatoms. The second kappa shape index (κ2) is 5.01. The predicted molar refractivity (Wildman–Crippen MR) is 53.6 cm³/mol. The quantitative estimate of drug-likeness (QED) is 0.705. The van der Waals surface area contributed by atoms with Crippen LogP contribution in [0.15, 0.2) is 11.6 Å². The van der Waals surface area contributed by atoms with E-state index in [-0.39, 0.29) is 0 Å². The number of hydrogen-bond acceptors (Lipinski definition) is 3. The van der Waals surface area contributed by atoms with Crippen LogP contribution in [-0.4, -0.2) is 16.1 Å². The van der Waals surface area contributed by atoms with Gasteiger partial charge < -0.3 is 0 Å². The molecule has 0 spiro atoms. The molecule has 0 aromatic carbocycles. The first-order valence-electron chi connectivity index (χ1n) is 3.39. The van der Waals surface area contributed by atoms with Crippen LogP contribution in [0.1, 0.15) is 11.9 Å². The van der Waals surface area contributed by atoms with E-state index in [1.54, 1.807) is 11.3 Å². The van der Waals surface area contributed by atoms with E-state index in [9.17, 15) is 0 Å². The van der Waals surface area contributed by atoms with Crippen molar-refractivity contribution >= 4 is 34.7 Å². The lowest BCUT2D eigenvalue weighted by molar-refractivity contribution is 1.11.